The molecule has 0 aliphatic carbocycles. The zero-order chi connectivity index (χ0) is 15.7. The molecule has 0 saturated carbocycles. The fourth-order valence-electron chi connectivity index (χ4n) is 1.90. The number of nitrogens with zero attached hydrogens (tertiary/aromatic N) is 4. The smallest absolute Gasteiger partial charge is 0.270 e. The predicted octanol–water partition coefficient (Wildman–Crippen LogP) is 1.39. The molecule has 0 aliphatic rings. The molecule has 22 heavy (non-hydrogen) atoms. The van der Waals surface area contributed by atoms with E-state index >= 15 is 0 Å². The molecule has 2 heterocycles. The Morgan fingerprint density at radius 2 is 2.00 bits per heavy atom. The highest BCUT2D eigenvalue weighted by Gasteiger charge is 2.16. The zero-order valence-corrected chi connectivity index (χ0v) is 11.6. The van der Waals surface area contributed by atoms with Gasteiger partial charge in [-0.25, -0.2) is 9.37 Å². The van der Waals surface area contributed by atoms with Gasteiger partial charge in [-0.2, -0.15) is 0 Å². The first-order valence-corrected chi connectivity index (χ1v) is 6.41. The highest BCUT2D eigenvalue weighted by atomic mass is 19.1. The summed E-state index contributed by atoms with van der Waals surface area (Å²) in [5.41, 5.74) is 0.763. The van der Waals surface area contributed by atoms with Gasteiger partial charge in [-0.05, 0) is 17.7 Å². The van der Waals surface area contributed by atoms with Gasteiger partial charge >= 0.3 is 0 Å². The number of hydrogen-bond acceptors (Lipinski definition) is 6. The van der Waals surface area contributed by atoms with Crippen molar-refractivity contribution in [2.45, 2.75) is 6.42 Å². The highest BCUT2D eigenvalue weighted by Crippen LogP contribution is 2.22. The quantitative estimate of drug-likeness (QED) is 0.761. The van der Waals surface area contributed by atoms with Gasteiger partial charge in [0.25, 0.3) is 5.89 Å². The number of hydrogen-bond donors (Lipinski definition) is 2. The van der Waals surface area contributed by atoms with Gasteiger partial charge in [0.2, 0.25) is 5.89 Å². The standard InChI is InChI=1S/C14H12FN5O2/c1-20-7-17-11(12(21)13(20)16)14-19-18-10(22-14)6-8-2-4-9(15)5-3-8/h2-5,7,16,21H,6H2,1H3. The summed E-state index contributed by atoms with van der Waals surface area (Å²) in [6, 6.07) is 5.95. The molecule has 7 nitrogen and oxygen atoms in total. The van der Waals surface area contributed by atoms with E-state index in [0.29, 0.717) is 12.3 Å². The van der Waals surface area contributed by atoms with Gasteiger partial charge in [0.05, 0.1) is 12.7 Å². The molecular weight excluding hydrogens is 289 g/mol. The summed E-state index contributed by atoms with van der Waals surface area (Å²) in [6.45, 7) is 0. The number of rotatable bonds is 3. The monoisotopic (exact) mass is 301 g/mol. The topological polar surface area (TPSA) is 101 Å². The second-order valence-electron chi connectivity index (χ2n) is 4.71. The summed E-state index contributed by atoms with van der Waals surface area (Å²) >= 11 is 0. The molecule has 0 spiro atoms. The normalized spacial score (nSPS) is 10.8. The molecule has 0 fully saturated rings. The number of aryl methyl sites for hydroxylation is 1. The van der Waals surface area contributed by atoms with Crippen LogP contribution in [-0.4, -0.2) is 24.9 Å². The lowest BCUT2D eigenvalue weighted by Crippen LogP contribution is -2.17. The molecule has 8 heteroatoms. The van der Waals surface area contributed by atoms with Crippen LogP contribution in [0.3, 0.4) is 0 Å². The number of aromatic nitrogens is 4. The van der Waals surface area contributed by atoms with Gasteiger partial charge in [-0.15, -0.1) is 10.2 Å². The molecular formula is C14H12FN5O2. The third-order valence-corrected chi connectivity index (χ3v) is 3.10. The first-order chi connectivity index (χ1) is 10.5. The average Bonchev–Trinajstić information content (AvgIpc) is 2.96. The van der Waals surface area contributed by atoms with Crippen molar-refractivity contribution in [3.05, 3.63) is 53.4 Å². The van der Waals surface area contributed by atoms with E-state index in [2.05, 4.69) is 15.2 Å². The minimum atomic E-state index is -0.331. The largest absolute Gasteiger partial charge is 0.503 e. The molecule has 0 radical (unpaired) electrons. The Hall–Kier alpha value is -3.03. The third-order valence-electron chi connectivity index (χ3n) is 3.10. The van der Waals surface area contributed by atoms with E-state index < -0.39 is 0 Å². The van der Waals surface area contributed by atoms with Gasteiger partial charge in [0.15, 0.2) is 16.9 Å². The lowest BCUT2D eigenvalue weighted by atomic mass is 10.1. The first-order valence-electron chi connectivity index (χ1n) is 6.41. The summed E-state index contributed by atoms with van der Waals surface area (Å²) in [4.78, 5) is 3.99. The molecule has 0 amide bonds. The van der Waals surface area contributed by atoms with E-state index in [4.69, 9.17) is 9.83 Å². The molecule has 0 atom stereocenters. The summed E-state index contributed by atoms with van der Waals surface area (Å²) in [6.07, 6.45) is 1.71. The molecule has 2 aromatic heterocycles. The molecule has 112 valence electrons. The lowest BCUT2D eigenvalue weighted by molar-refractivity contribution is 0.447. The second kappa shape index (κ2) is 5.40. The average molecular weight is 301 g/mol. The van der Waals surface area contributed by atoms with Gasteiger partial charge < -0.3 is 14.1 Å². The molecule has 2 N–H and O–H groups in total. The van der Waals surface area contributed by atoms with Crippen molar-refractivity contribution < 1.29 is 13.9 Å². The van der Waals surface area contributed by atoms with Crippen molar-refractivity contribution in [2.24, 2.45) is 7.05 Å². The van der Waals surface area contributed by atoms with Crippen LogP contribution in [0.4, 0.5) is 4.39 Å². The minimum Gasteiger partial charge on any atom is -0.503 e. The summed E-state index contributed by atoms with van der Waals surface area (Å²) in [7, 11) is 1.59. The van der Waals surface area contributed by atoms with E-state index in [1.807, 2.05) is 0 Å². The van der Waals surface area contributed by atoms with E-state index in [-0.39, 0.29) is 28.6 Å². The first kappa shape index (κ1) is 13.9. The maximum absolute atomic E-state index is 12.9. The van der Waals surface area contributed by atoms with Crippen LogP contribution in [0.25, 0.3) is 11.6 Å². The van der Waals surface area contributed by atoms with Gasteiger partial charge in [0, 0.05) is 7.05 Å². The Labute approximate surface area is 124 Å². The predicted molar refractivity (Wildman–Crippen MR) is 73.2 cm³/mol. The fourth-order valence-corrected chi connectivity index (χ4v) is 1.90. The minimum absolute atomic E-state index is 0.0312. The van der Waals surface area contributed by atoms with Crippen molar-refractivity contribution >= 4 is 0 Å². The van der Waals surface area contributed by atoms with Crippen LogP contribution in [0.1, 0.15) is 11.5 Å². The summed E-state index contributed by atoms with van der Waals surface area (Å²) in [5.74, 6) is -0.308. The van der Waals surface area contributed by atoms with Gasteiger partial charge in [-0.3, -0.25) is 5.41 Å². The number of benzene rings is 1. The maximum atomic E-state index is 12.9. The summed E-state index contributed by atoms with van der Waals surface area (Å²) < 4.78 is 19.7. The van der Waals surface area contributed by atoms with Crippen LogP contribution in [0.2, 0.25) is 0 Å². The van der Waals surface area contributed by atoms with Gasteiger partial charge in [0.1, 0.15) is 5.82 Å². The lowest BCUT2D eigenvalue weighted by Gasteiger charge is -2.02. The van der Waals surface area contributed by atoms with Crippen molar-refractivity contribution in [1.82, 2.24) is 19.7 Å². The Bertz CT molecular complexity index is 870. The Morgan fingerprint density at radius 1 is 1.27 bits per heavy atom. The van der Waals surface area contributed by atoms with Crippen LogP contribution in [0.5, 0.6) is 5.75 Å². The van der Waals surface area contributed by atoms with E-state index in [9.17, 15) is 9.50 Å². The summed E-state index contributed by atoms with van der Waals surface area (Å²) in [5, 5.41) is 25.3. The Morgan fingerprint density at radius 3 is 2.73 bits per heavy atom. The van der Waals surface area contributed by atoms with Crippen LogP contribution in [-0.2, 0) is 13.5 Å². The van der Waals surface area contributed by atoms with E-state index in [0.717, 1.165) is 5.56 Å². The van der Waals surface area contributed by atoms with Crippen LogP contribution in [0, 0.1) is 11.2 Å². The maximum Gasteiger partial charge on any atom is 0.270 e. The van der Waals surface area contributed by atoms with Crippen LogP contribution in [0.15, 0.2) is 35.0 Å². The molecule has 0 bridgehead atoms. The van der Waals surface area contributed by atoms with E-state index in [1.54, 1.807) is 19.2 Å². The second-order valence-corrected chi connectivity index (χ2v) is 4.71. The number of halogens is 1. The van der Waals surface area contributed by atoms with Crippen molar-refractivity contribution in [3.8, 4) is 17.3 Å². The van der Waals surface area contributed by atoms with Crippen molar-refractivity contribution in [2.75, 3.05) is 0 Å². The third kappa shape index (κ3) is 2.58. The molecule has 0 saturated heterocycles. The fraction of sp³-hybridized carbons (Fsp3) is 0.143. The zero-order valence-electron chi connectivity index (χ0n) is 11.6. The molecule has 1 aromatic carbocycles. The van der Waals surface area contributed by atoms with Gasteiger partial charge in [-0.1, -0.05) is 12.1 Å². The SMILES string of the molecule is Cn1cnc(-c2nnc(Cc3ccc(F)cc3)o2)c(O)c1=N. The highest BCUT2D eigenvalue weighted by molar-refractivity contribution is 5.54. The Kier molecular flexibility index (Phi) is 3.42. The molecule has 3 rings (SSSR count). The molecule has 0 unspecified atom stereocenters. The molecule has 3 aromatic rings. The van der Waals surface area contributed by atoms with Crippen LogP contribution < -0.4 is 5.49 Å². The number of nitrogens with one attached hydrogen (secondary N) is 1. The van der Waals surface area contributed by atoms with Crippen molar-refractivity contribution in [1.29, 1.82) is 5.41 Å². The molecule has 0 aliphatic heterocycles. The number of aromatic hydroxyl groups is 1. The van der Waals surface area contributed by atoms with Crippen molar-refractivity contribution in [3.63, 3.8) is 0 Å². The van der Waals surface area contributed by atoms with E-state index in [1.165, 1.54) is 23.0 Å². The Balaban J connectivity index is 1.89. The van der Waals surface area contributed by atoms with Crippen LogP contribution >= 0.6 is 0 Å².